The minimum Gasteiger partial charge on any atom is -0.497 e. The van der Waals surface area contributed by atoms with Crippen molar-refractivity contribution in [2.45, 2.75) is 38.3 Å². The van der Waals surface area contributed by atoms with Gasteiger partial charge in [0, 0.05) is 31.8 Å². The maximum atomic E-state index is 6.22. The molecule has 0 spiro atoms. The third-order valence-corrected chi connectivity index (χ3v) is 4.37. The highest BCUT2D eigenvalue weighted by molar-refractivity contribution is 14.0. The molecule has 0 saturated heterocycles. The number of halogens is 1. The Labute approximate surface area is 155 Å². The molecule has 3 rings (SSSR count). The lowest BCUT2D eigenvalue weighted by Gasteiger charge is -2.19. The minimum absolute atomic E-state index is 0. The van der Waals surface area contributed by atoms with Crippen LogP contribution in [-0.4, -0.2) is 44.2 Å². The largest absolute Gasteiger partial charge is 0.497 e. The Hall–Kier alpha value is -1.18. The fraction of sp³-hybridized carbons (Fsp3) is 0.588. The van der Waals surface area contributed by atoms with Crippen LogP contribution in [0.25, 0.3) is 0 Å². The van der Waals surface area contributed by atoms with E-state index in [1.54, 1.807) is 7.11 Å². The van der Waals surface area contributed by atoms with Crippen LogP contribution in [0.3, 0.4) is 0 Å². The zero-order valence-corrected chi connectivity index (χ0v) is 16.2. The van der Waals surface area contributed by atoms with Gasteiger partial charge in [0.25, 0.3) is 0 Å². The van der Waals surface area contributed by atoms with E-state index in [0.29, 0.717) is 6.10 Å². The second-order valence-corrected chi connectivity index (χ2v) is 5.98. The van der Waals surface area contributed by atoms with E-state index in [-0.39, 0.29) is 24.0 Å². The van der Waals surface area contributed by atoms with Crippen LogP contribution < -0.4 is 14.8 Å². The second kappa shape index (κ2) is 8.61. The van der Waals surface area contributed by atoms with Gasteiger partial charge in [0.2, 0.25) is 0 Å². The summed E-state index contributed by atoms with van der Waals surface area (Å²) in [6.45, 7) is 2.57. The Morgan fingerprint density at radius 3 is 2.74 bits per heavy atom. The highest BCUT2D eigenvalue weighted by Crippen LogP contribution is 2.30. The van der Waals surface area contributed by atoms with Crippen LogP contribution in [0.1, 0.15) is 31.2 Å². The zero-order chi connectivity index (χ0) is 15.4. The van der Waals surface area contributed by atoms with Gasteiger partial charge in [-0.15, -0.1) is 24.0 Å². The SMILES string of the molecule is COc1ccc(CNC2=NCCN2C)c(OC2CCCC2)c1.I. The van der Waals surface area contributed by atoms with E-state index in [2.05, 4.69) is 28.3 Å². The maximum Gasteiger partial charge on any atom is 0.194 e. The van der Waals surface area contributed by atoms with Crippen molar-refractivity contribution in [2.75, 3.05) is 27.2 Å². The lowest BCUT2D eigenvalue weighted by molar-refractivity contribution is 0.207. The molecular formula is C17H26IN3O2. The molecule has 1 N–H and O–H groups in total. The number of hydrogen-bond donors (Lipinski definition) is 1. The number of guanidine groups is 1. The third kappa shape index (κ3) is 4.65. The lowest BCUT2D eigenvalue weighted by Crippen LogP contribution is -2.35. The van der Waals surface area contributed by atoms with Crippen LogP contribution in [-0.2, 0) is 6.54 Å². The van der Waals surface area contributed by atoms with E-state index in [0.717, 1.165) is 55.5 Å². The van der Waals surface area contributed by atoms with Crippen molar-refractivity contribution in [1.29, 1.82) is 0 Å². The smallest absolute Gasteiger partial charge is 0.194 e. The fourth-order valence-corrected chi connectivity index (χ4v) is 3.00. The molecule has 128 valence electrons. The van der Waals surface area contributed by atoms with Crippen LogP contribution >= 0.6 is 24.0 Å². The second-order valence-electron chi connectivity index (χ2n) is 5.98. The van der Waals surface area contributed by atoms with Crippen molar-refractivity contribution in [3.63, 3.8) is 0 Å². The van der Waals surface area contributed by atoms with Crippen LogP contribution in [0.15, 0.2) is 23.2 Å². The topological polar surface area (TPSA) is 46.1 Å². The summed E-state index contributed by atoms with van der Waals surface area (Å²) in [5.74, 6) is 2.73. The number of ether oxygens (including phenoxy) is 2. The Balaban J connectivity index is 0.00000192. The van der Waals surface area contributed by atoms with Crippen molar-refractivity contribution in [3.8, 4) is 11.5 Å². The quantitative estimate of drug-likeness (QED) is 0.729. The van der Waals surface area contributed by atoms with E-state index < -0.39 is 0 Å². The number of nitrogens with zero attached hydrogens (tertiary/aromatic N) is 2. The van der Waals surface area contributed by atoms with Crippen molar-refractivity contribution in [1.82, 2.24) is 10.2 Å². The first-order chi connectivity index (χ1) is 10.8. The summed E-state index contributed by atoms with van der Waals surface area (Å²) < 4.78 is 11.6. The fourth-order valence-electron chi connectivity index (χ4n) is 3.00. The summed E-state index contributed by atoms with van der Waals surface area (Å²) in [6, 6.07) is 6.06. The molecule has 0 amide bonds. The third-order valence-electron chi connectivity index (χ3n) is 4.37. The van der Waals surface area contributed by atoms with E-state index in [1.165, 1.54) is 12.8 Å². The van der Waals surface area contributed by atoms with Gasteiger partial charge in [0.05, 0.1) is 19.8 Å². The van der Waals surface area contributed by atoms with Crippen LogP contribution in [0.2, 0.25) is 0 Å². The predicted octanol–water partition coefficient (Wildman–Crippen LogP) is 3.03. The first kappa shape index (κ1) is 18.2. The Morgan fingerprint density at radius 1 is 1.30 bits per heavy atom. The number of methoxy groups -OCH3 is 1. The average molecular weight is 431 g/mol. The summed E-state index contributed by atoms with van der Waals surface area (Å²) in [5.41, 5.74) is 1.15. The minimum atomic E-state index is 0. The normalized spacial score (nSPS) is 17.7. The molecule has 5 nitrogen and oxygen atoms in total. The first-order valence-electron chi connectivity index (χ1n) is 8.09. The van der Waals surface area contributed by atoms with Crippen molar-refractivity contribution in [2.24, 2.45) is 4.99 Å². The summed E-state index contributed by atoms with van der Waals surface area (Å²) in [4.78, 5) is 6.60. The van der Waals surface area contributed by atoms with E-state index in [4.69, 9.17) is 9.47 Å². The van der Waals surface area contributed by atoms with Crippen LogP contribution in [0.4, 0.5) is 0 Å². The molecular weight excluding hydrogens is 405 g/mol. The molecule has 1 saturated carbocycles. The molecule has 1 aliphatic heterocycles. The van der Waals surface area contributed by atoms with Crippen LogP contribution in [0, 0.1) is 0 Å². The monoisotopic (exact) mass is 431 g/mol. The molecule has 1 aliphatic carbocycles. The van der Waals surface area contributed by atoms with E-state index in [9.17, 15) is 0 Å². The molecule has 1 fully saturated rings. The van der Waals surface area contributed by atoms with Crippen LogP contribution in [0.5, 0.6) is 11.5 Å². The van der Waals surface area contributed by atoms with Gasteiger partial charge in [0.1, 0.15) is 11.5 Å². The summed E-state index contributed by atoms with van der Waals surface area (Å²) >= 11 is 0. The standard InChI is InChI=1S/C17H25N3O2.HI/c1-20-10-9-18-17(20)19-12-13-7-8-15(21-2)11-16(13)22-14-5-3-4-6-14;/h7-8,11,14H,3-6,9-10,12H2,1-2H3,(H,18,19);1H. The number of rotatable bonds is 5. The Kier molecular flexibility index (Phi) is 6.80. The van der Waals surface area contributed by atoms with Crippen molar-refractivity contribution < 1.29 is 9.47 Å². The van der Waals surface area contributed by atoms with Gasteiger partial charge in [-0.25, -0.2) is 0 Å². The molecule has 2 aliphatic rings. The Morgan fingerprint density at radius 2 is 2.09 bits per heavy atom. The molecule has 0 bridgehead atoms. The summed E-state index contributed by atoms with van der Waals surface area (Å²) in [7, 11) is 3.75. The highest BCUT2D eigenvalue weighted by atomic mass is 127. The molecule has 23 heavy (non-hydrogen) atoms. The summed E-state index contributed by atoms with van der Waals surface area (Å²) in [6.07, 6.45) is 5.18. The zero-order valence-electron chi connectivity index (χ0n) is 13.9. The van der Waals surface area contributed by atoms with Gasteiger partial charge < -0.3 is 19.7 Å². The number of benzene rings is 1. The van der Waals surface area contributed by atoms with E-state index in [1.807, 2.05) is 12.1 Å². The molecule has 1 aromatic carbocycles. The van der Waals surface area contributed by atoms with E-state index >= 15 is 0 Å². The van der Waals surface area contributed by atoms with Gasteiger partial charge in [-0.3, -0.25) is 4.99 Å². The Bertz CT molecular complexity index is 545. The molecule has 0 radical (unpaired) electrons. The number of likely N-dealkylation sites (N-methyl/N-ethyl adjacent to an activating group) is 1. The molecule has 1 heterocycles. The lowest BCUT2D eigenvalue weighted by atomic mass is 10.2. The van der Waals surface area contributed by atoms with Gasteiger partial charge >= 0.3 is 0 Å². The van der Waals surface area contributed by atoms with Gasteiger partial charge in [-0.2, -0.15) is 0 Å². The molecule has 0 aromatic heterocycles. The van der Waals surface area contributed by atoms with Gasteiger partial charge in [-0.05, 0) is 37.8 Å². The molecule has 1 aromatic rings. The number of hydrogen-bond acceptors (Lipinski definition) is 5. The first-order valence-corrected chi connectivity index (χ1v) is 8.09. The summed E-state index contributed by atoms with van der Waals surface area (Å²) in [5, 5.41) is 3.41. The average Bonchev–Trinajstić information content (AvgIpc) is 3.18. The predicted molar refractivity (Wildman–Crippen MR) is 103 cm³/mol. The number of nitrogens with one attached hydrogen (secondary N) is 1. The maximum absolute atomic E-state index is 6.22. The molecule has 6 heteroatoms. The van der Waals surface area contributed by atoms with Gasteiger partial charge in [-0.1, -0.05) is 0 Å². The van der Waals surface area contributed by atoms with Gasteiger partial charge in [0.15, 0.2) is 5.96 Å². The highest BCUT2D eigenvalue weighted by Gasteiger charge is 2.19. The van der Waals surface area contributed by atoms with Crippen molar-refractivity contribution >= 4 is 29.9 Å². The molecule has 0 atom stereocenters. The molecule has 0 unspecified atom stereocenters. The van der Waals surface area contributed by atoms with Crippen molar-refractivity contribution in [3.05, 3.63) is 23.8 Å². The number of aliphatic imine (C=N–C) groups is 1.